The highest BCUT2D eigenvalue weighted by atomic mass is 32.1. The first kappa shape index (κ1) is 13.4. The monoisotopic (exact) mass is 238 g/mol. The van der Waals surface area contributed by atoms with Crippen molar-refractivity contribution in [2.24, 2.45) is 0 Å². The van der Waals surface area contributed by atoms with Gasteiger partial charge in [0.15, 0.2) is 0 Å². The summed E-state index contributed by atoms with van der Waals surface area (Å²) >= 11 is 1.67. The summed E-state index contributed by atoms with van der Waals surface area (Å²) in [5, 5.41) is 5.65. The molecule has 0 amide bonds. The molecule has 0 bridgehead atoms. The summed E-state index contributed by atoms with van der Waals surface area (Å²) in [4.78, 5) is 4.27. The number of nitrogens with one attached hydrogen (secondary N) is 1. The molecule has 0 fully saturated rings. The van der Waals surface area contributed by atoms with E-state index in [1.807, 2.05) is 5.51 Å². The van der Waals surface area contributed by atoms with Gasteiger partial charge in [-0.1, -0.05) is 11.6 Å². The molecular formula is C13H22N2S. The maximum absolute atomic E-state index is 4.27. The van der Waals surface area contributed by atoms with Gasteiger partial charge in [-0.3, -0.25) is 0 Å². The maximum atomic E-state index is 4.27. The minimum Gasteiger partial charge on any atom is -0.314 e. The van der Waals surface area contributed by atoms with Gasteiger partial charge in [-0.15, -0.1) is 11.3 Å². The van der Waals surface area contributed by atoms with Crippen molar-refractivity contribution in [2.45, 2.75) is 46.1 Å². The first-order valence-corrected chi connectivity index (χ1v) is 6.86. The summed E-state index contributed by atoms with van der Waals surface area (Å²) in [5.74, 6) is 0. The Labute approximate surface area is 103 Å². The van der Waals surface area contributed by atoms with Gasteiger partial charge in [0.05, 0.1) is 11.2 Å². The second-order valence-corrected chi connectivity index (χ2v) is 5.16. The van der Waals surface area contributed by atoms with Crippen LogP contribution in [-0.4, -0.2) is 17.6 Å². The molecule has 0 aliphatic rings. The highest BCUT2D eigenvalue weighted by Crippen LogP contribution is 2.03. The molecule has 1 aromatic rings. The minimum atomic E-state index is 0.592. The van der Waals surface area contributed by atoms with Gasteiger partial charge >= 0.3 is 0 Å². The van der Waals surface area contributed by atoms with Crippen LogP contribution in [-0.2, 0) is 6.42 Å². The molecule has 1 rings (SSSR count). The molecule has 90 valence electrons. The quantitative estimate of drug-likeness (QED) is 0.736. The van der Waals surface area contributed by atoms with Gasteiger partial charge in [0.25, 0.3) is 0 Å². The van der Waals surface area contributed by atoms with E-state index in [-0.39, 0.29) is 0 Å². The predicted molar refractivity (Wildman–Crippen MR) is 71.9 cm³/mol. The van der Waals surface area contributed by atoms with E-state index in [0.717, 1.165) is 13.0 Å². The number of aromatic nitrogens is 1. The number of thiazole rings is 1. The van der Waals surface area contributed by atoms with Crippen LogP contribution in [0.2, 0.25) is 0 Å². The lowest BCUT2D eigenvalue weighted by Gasteiger charge is -2.11. The van der Waals surface area contributed by atoms with Crippen LogP contribution in [0.5, 0.6) is 0 Å². The van der Waals surface area contributed by atoms with E-state index >= 15 is 0 Å². The van der Waals surface area contributed by atoms with Gasteiger partial charge in [-0.2, -0.15) is 0 Å². The average Bonchev–Trinajstić information content (AvgIpc) is 2.70. The first-order valence-electron chi connectivity index (χ1n) is 5.92. The number of hydrogen-bond donors (Lipinski definition) is 1. The van der Waals surface area contributed by atoms with Gasteiger partial charge in [-0.25, -0.2) is 4.98 Å². The summed E-state index contributed by atoms with van der Waals surface area (Å²) < 4.78 is 0. The van der Waals surface area contributed by atoms with Crippen molar-refractivity contribution in [3.63, 3.8) is 0 Å². The van der Waals surface area contributed by atoms with Crippen LogP contribution < -0.4 is 5.32 Å². The molecule has 0 saturated heterocycles. The van der Waals surface area contributed by atoms with E-state index in [1.165, 1.54) is 24.1 Å². The second kappa shape index (κ2) is 7.58. The molecular weight excluding hydrogens is 216 g/mol. The third kappa shape index (κ3) is 6.03. The lowest BCUT2D eigenvalue weighted by Crippen LogP contribution is -2.27. The van der Waals surface area contributed by atoms with Gasteiger partial charge in [0.1, 0.15) is 0 Å². The van der Waals surface area contributed by atoms with Crippen LogP contribution >= 0.6 is 11.3 Å². The zero-order chi connectivity index (χ0) is 11.8. The standard InChI is InChI=1S/C13H22N2S/c1-11(2)5-4-6-12(3)14-8-7-13-9-16-10-15-13/h5,9-10,12,14H,4,6-8H2,1-3H3. The molecule has 1 unspecified atom stereocenters. The third-order valence-corrected chi connectivity index (χ3v) is 3.14. The SMILES string of the molecule is CC(C)=CCCC(C)NCCc1cscn1. The van der Waals surface area contributed by atoms with E-state index in [1.54, 1.807) is 11.3 Å². The van der Waals surface area contributed by atoms with Crippen LogP contribution in [0.4, 0.5) is 0 Å². The largest absolute Gasteiger partial charge is 0.314 e. The van der Waals surface area contributed by atoms with Crippen molar-refractivity contribution >= 4 is 11.3 Å². The Morgan fingerprint density at radius 1 is 1.56 bits per heavy atom. The zero-order valence-corrected chi connectivity index (χ0v) is 11.3. The first-order chi connectivity index (χ1) is 7.68. The van der Waals surface area contributed by atoms with Crippen molar-refractivity contribution in [2.75, 3.05) is 6.54 Å². The van der Waals surface area contributed by atoms with E-state index in [9.17, 15) is 0 Å². The average molecular weight is 238 g/mol. The highest BCUT2D eigenvalue weighted by molar-refractivity contribution is 7.07. The molecule has 0 spiro atoms. The summed E-state index contributed by atoms with van der Waals surface area (Å²) in [6.45, 7) is 7.58. The Balaban J connectivity index is 2.06. The van der Waals surface area contributed by atoms with Crippen LogP contribution in [0.1, 0.15) is 39.3 Å². The molecule has 0 aromatic carbocycles. The predicted octanol–water partition coefficient (Wildman–Crippen LogP) is 3.41. The van der Waals surface area contributed by atoms with Crippen molar-refractivity contribution in [3.8, 4) is 0 Å². The number of rotatable bonds is 7. The van der Waals surface area contributed by atoms with Crippen LogP contribution in [0.3, 0.4) is 0 Å². The summed E-state index contributed by atoms with van der Waals surface area (Å²) in [6.07, 6.45) is 5.73. The van der Waals surface area contributed by atoms with Crippen molar-refractivity contribution in [3.05, 3.63) is 28.2 Å². The second-order valence-electron chi connectivity index (χ2n) is 4.44. The number of hydrogen-bond acceptors (Lipinski definition) is 3. The minimum absolute atomic E-state index is 0.592. The summed E-state index contributed by atoms with van der Waals surface area (Å²) in [5.41, 5.74) is 4.51. The Morgan fingerprint density at radius 2 is 2.38 bits per heavy atom. The summed E-state index contributed by atoms with van der Waals surface area (Å²) in [7, 11) is 0. The molecule has 1 aromatic heterocycles. The molecule has 1 atom stereocenters. The molecule has 0 aliphatic heterocycles. The molecule has 0 aliphatic carbocycles. The lowest BCUT2D eigenvalue weighted by molar-refractivity contribution is 0.519. The topological polar surface area (TPSA) is 24.9 Å². The fourth-order valence-electron chi connectivity index (χ4n) is 1.53. The van der Waals surface area contributed by atoms with E-state index < -0.39 is 0 Å². The molecule has 0 radical (unpaired) electrons. The molecule has 16 heavy (non-hydrogen) atoms. The Morgan fingerprint density at radius 3 is 3.00 bits per heavy atom. The lowest BCUT2D eigenvalue weighted by atomic mass is 10.1. The van der Waals surface area contributed by atoms with Gasteiger partial charge < -0.3 is 5.32 Å². The fraction of sp³-hybridized carbons (Fsp3) is 0.615. The molecule has 1 heterocycles. The Kier molecular flexibility index (Phi) is 6.34. The van der Waals surface area contributed by atoms with Crippen LogP contribution in [0, 0.1) is 0 Å². The maximum Gasteiger partial charge on any atom is 0.0794 e. The number of allylic oxidation sites excluding steroid dienone is 2. The normalized spacial score (nSPS) is 12.4. The van der Waals surface area contributed by atoms with E-state index in [4.69, 9.17) is 0 Å². The molecule has 3 heteroatoms. The van der Waals surface area contributed by atoms with Crippen molar-refractivity contribution < 1.29 is 0 Å². The summed E-state index contributed by atoms with van der Waals surface area (Å²) in [6, 6.07) is 0.592. The Hall–Kier alpha value is -0.670. The molecule has 2 nitrogen and oxygen atoms in total. The van der Waals surface area contributed by atoms with Crippen LogP contribution in [0.25, 0.3) is 0 Å². The third-order valence-electron chi connectivity index (χ3n) is 2.51. The van der Waals surface area contributed by atoms with E-state index in [2.05, 4.69) is 42.5 Å². The van der Waals surface area contributed by atoms with E-state index in [0.29, 0.717) is 6.04 Å². The van der Waals surface area contributed by atoms with Crippen LogP contribution in [0.15, 0.2) is 22.5 Å². The fourth-order valence-corrected chi connectivity index (χ4v) is 2.12. The van der Waals surface area contributed by atoms with Gasteiger partial charge in [0.2, 0.25) is 0 Å². The van der Waals surface area contributed by atoms with Crippen molar-refractivity contribution in [1.82, 2.24) is 10.3 Å². The molecule has 1 N–H and O–H groups in total. The highest BCUT2D eigenvalue weighted by Gasteiger charge is 2.00. The van der Waals surface area contributed by atoms with Crippen molar-refractivity contribution in [1.29, 1.82) is 0 Å². The zero-order valence-electron chi connectivity index (χ0n) is 10.5. The molecule has 0 saturated carbocycles. The smallest absolute Gasteiger partial charge is 0.0794 e. The van der Waals surface area contributed by atoms with Gasteiger partial charge in [-0.05, 0) is 33.6 Å². The Bertz CT molecular complexity index is 300. The number of nitrogens with zero attached hydrogens (tertiary/aromatic N) is 1. The van der Waals surface area contributed by atoms with Gasteiger partial charge in [0, 0.05) is 24.4 Å².